The van der Waals surface area contributed by atoms with Gasteiger partial charge in [-0.1, -0.05) is 265 Å². The van der Waals surface area contributed by atoms with E-state index in [0.29, 0.717) is 0 Å². The van der Waals surface area contributed by atoms with E-state index in [0.717, 1.165) is 25.7 Å². The van der Waals surface area contributed by atoms with E-state index >= 15 is 0 Å². The highest BCUT2D eigenvalue weighted by atomic mass is 14.2. The van der Waals surface area contributed by atoms with E-state index in [1.807, 2.05) is 0 Å². The molecule has 9 aromatic rings. The van der Waals surface area contributed by atoms with Crippen molar-refractivity contribution in [3.05, 3.63) is 179 Å². The third kappa shape index (κ3) is 15.1. The quantitative estimate of drug-likeness (QED) is 0.0224. The molecule has 0 aliphatic carbocycles. The van der Waals surface area contributed by atoms with Crippen LogP contribution < -0.4 is 0 Å². The molecular weight excluding hydrogens is 961 g/mol. The number of fused-ring (bicyclic) bond motifs is 5. The fourth-order valence-corrected chi connectivity index (χ4v) is 13.3. The molecule has 0 atom stereocenters. The van der Waals surface area contributed by atoms with E-state index in [2.05, 4.69) is 187 Å². The molecule has 418 valence electrons. The molecule has 9 aromatic carbocycles. The third-order valence-electron chi connectivity index (χ3n) is 18.1. The third-order valence-corrected chi connectivity index (χ3v) is 18.1. The smallest absolute Gasteiger partial charge is 0.00989 e. The summed E-state index contributed by atoms with van der Waals surface area (Å²) < 4.78 is 0. The van der Waals surface area contributed by atoms with Gasteiger partial charge in [-0.3, -0.25) is 0 Å². The highest BCUT2D eigenvalue weighted by Crippen LogP contribution is 2.43. The van der Waals surface area contributed by atoms with Crippen molar-refractivity contribution in [3.63, 3.8) is 0 Å². The zero-order valence-corrected chi connectivity index (χ0v) is 50.7. The fraction of sp³-hybridized carbons (Fsp3) is 0.425. The van der Waals surface area contributed by atoms with Crippen molar-refractivity contribution in [2.75, 3.05) is 0 Å². The summed E-state index contributed by atoms with van der Waals surface area (Å²) in [6, 6.07) is 58.3. The minimum Gasteiger partial charge on any atom is -0.0654 e. The summed E-state index contributed by atoms with van der Waals surface area (Å²) in [5.74, 6) is 0. The monoisotopic (exact) mass is 1060 g/mol. The Morgan fingerprint density at radius 2 is 0.650 bits per heavy atom. The lowest BCUT2D eigenvalue weighted by atomic mass is 9.83. The van der Waals surface area contributed by atoms with Gasteiger partial charge in [-0.25, -0.2) is 0 Å². The molecule has 9 rings (SSSR count). The lowest BCUT2D eigenvalue weighted by Gasteiger charge is -2.21. The molecule has 0 spiro atoms. The van der Waals surface area contributed by atoms with Gasteiger partial charge >= 0.3 is 0 Å². The van der Waals surface area contributed by atoms with Crippen LogP contribution in [0.25, 0.3) is 87.6 Å². The van der Waals surface area contributed by atoms with Gasteiger partial charge in [0.15, 0.2) is 0 Å². The molecule has 0 nitrogen and oxygen atoms in total. The Kier molecular flexibility index (Phi) is 22.1. The first kappa shape index (κ1) is 58.7. The number of benzene rings is 9. The van der Waals surface area contributed by atoms with Crippen molar-refractivity contribution < 1.29 is 0 Å². The average Bonchev–Trinajstić information content (AvgIpc) is 3.53. The van der Waals surface area contributed by atoms with Gasteiger partial charge in [-0.15, -0.1) is 0 Å². The Bertz CT molecular complexity index is 3420. The predicted octanol–water partition coefficient (Wildman–Crippen LogP) is 25.2. The summed E-state index contributed by atoms with van der Waals surface area (Å²) in [6.45, 7) is 14.0. The molecule has 0 aromatic heterocycles. The highest BCUT2D eigenvalue weighted by Gasteiger charge is 2.20. The lowest BCUT2D eigenvalue weighted by Crippen LogP contribution is -2.01. The Morgan fingerprint density at radius 3 is 1.25 bits per heavy atom. The number of unbranched alkanes of at least 4 members (excludes halogenated alkanes) is 20. The molecule has 0 saturated carbocycles. The fourth-order valence-electron chi connectivity index (χ4n) is 13.3. The van der Waals surface area contributed by atoms with Gasteiger partial charge in [-0.05, 0) is 223 Å². The van der Waals surface area contributed by atoms with Crippen LogP contribution >= 0.6 is 0 Å². The molecule has 0 fully saturated rings. The second kappa shape index (κ2) is 30.2. The van der Waals surface area contributed by atoms with Crippen molar-refractivity contribution in [2.24, 2.45) is 0 Å². The Balaban J connectivity index is 1.25. The number of hydrogen-bond acceptors (Lipinski definition) is 0. The van der Waals surface area contributed by atoms with Crippen molar-refractivity contribution in [3.8, 4) is 44.5 Å². The molecule has 0 radical (unpaired) electrons. The molecule has 0 aliphatic heterocycles. The topological polar surface area (TPSA) is 0 Å². The van der Waals surface area contributed by atoms with E-state index < -0.39 is 0 Å². The molecule has 0 heteroatoms. The summed E-state index contributed by atoms with van der Waals surface area (Å²) in [5, 5.41) is 10.7. The van der Waals surface area contributed by atoms with E-state index in [-0.39, 0.29) is 0 Å². The molecule has 0 heterocycles. The first-order chi connectivity index (χ1) is 39.4. The van der Waals surface area contributed by atoms with E-state index in [1.54, 1.807) is 5.56 Å². The maximum atomic E-state index is 2.71. The van der Waals surface area contributed by atoms with Crippen LogP contribution in [0, 0.1) is 13.8 Å². The van der Waals surface area contributed by atoms with Crippen LogP contribution in [0.2, 0.25) is 0 Å². The van der Waals surface area contributed by atoms with Crippen LogP contribution in [0.3, 0.4) is 0 Å². The van der Waals surface area contributed by atoms with Gasteiger partial charge in [0.1, 0.15) is 0 Å². The predicted molar refractivity (Wildman–Crippen MR) is 356 cm³/mol. The van der Waals surface area contributed by atoms with Crippen molar-refractivity contribution in [2.45, 2.75) is 221 Å². The largest absolute Gasteiger partial charge is 0.0654 e. The SMILES string of the molecule is CCCCCCCCc1cc(-c2cc(-c3ccc4ccc5ccccc5c4c3)cc(-c3cc(CCCCCCCC)c(-c4cccc5cc6c(C)cccc6cc45)cc3CCCCCCCC)c2)c(CCCCCCCC)cc1C. The van der Waals surface area contributed by atoms with Gasteiger partial charge in [0.25, 0.3) is 0 Å². The average molecular weight is 1060 g/mol. The van der Waals surface area contributed by atoms with Gasteiger partial charge in [0, 0.05) is 0 Å². The lowest BCUT2D eigenvalue weighted by molar-refractivity contribution is 0.605. The van der Waals surface area contributed by atoms with E-state index in [1.165, 1.54) is 270 Å². The minimum absolute atomic E-state index is 1.08. The zero-order chi connectivity index (χ0) is 55.5. The zero-order valence-electron chi connectivity index (χ0n) is 50.7. The molecule has 80 heavy (non-hydrogen) atoms. The standard InChI is InChI=1S/C80H98/c1-7-11-15-19-23-27-37-63-53-76(65(49-60(63)6)38-28-24-20-16-12-8-2)71-50-70(64-48-47-62-46-45-61-36-31-32-43-73(61)78(62)54-64)51-72(52-71)77-56-68(40-30-26-22-18-14-10-4)80(58-67(77)39-29-25-21-17-13-9-3)74-44-34-42-69-55-75-59(5)35-33-41-66(75)57-79(69)74/h31-36,41-58H,7-30,37-40H2,1-6H3. The first-order valence-corrected chi connectivity index (χ1v) is 32.7. The van der Waals surface area contributed by atoms with Gasteiger partial charge in [0.2, 0.25) is 0 Å². The van der Waals surface area contributed by atoms with Crippen molar-refractivity contribution in [1.82, 2.24) is 0 Å². The van der Waals surface area contributed by atoms with Gasteiger partial charge in [0.05, 0.1) is 0 Å². The summed E-state index contributed by atoms with van der Waals surface area (Å²) in [6.07, 6.45) is 35.7. The normalized spacial score (nSPS) is 11.8. The number of hydrogen-bond donors (Lipinski definition) is 0. The summed E-state index contributed by atoms with van der Waals surface area (Å²) >= 11 is 0. The molecule has 0 bridgehead atoms. The van der Waals surface area contributed by atoms with Crippen LogP contribution in [0.4, 0.5) is 0 Å². The van der Waals surface area contributed by atoms with Crippen molar-refractivity contribution >= 4 is 43.1 Å². The Labute approximate surface area is 485 Å². The minimum atomic E-state index is 1.08. The second-order valence-corrected chi connectivity index (χ2v) is 24.4. The first-order valence-electron chi connectivity index (χ1n) is 32.7. The van der Waals surface area contributed by atoms with Crippen LogP contribution in [0.1, 0.15) is 215 Å². The van der Waals surface area contributed by atoms with Crippen LogP contribution in [-0.2, 0) is 25.7 Å². The van der Waals surface area contributed by atoms with E-state index in [4.69, 9.17) is 0 Å². The maximum Gasteiger partial charge on any atom is -0.00989 e. The van der Waals surface area contributed by atoms with Crippen LogP contribution in [0.5, 0.6) is 0 Å². The molecule has 0 amide bonds. The van der Waals surface area contributed by atoms with Crippen LogP contribution in [-0.4, -0.2) is 0 Å². The number of aryl methyl sites for hydroxylation is 6. The summed E-state index contributed by atoms with van der Waals surface area (Å²) in [5.41, 5.74) is 20.0. The molecule has 0 saturated heterocycles. The Morgan fingerprint density at radius 1 is 0.225 bits per heavy atom. The van der Waals surface area contributed by atoms with Crippen LogP contribution in [0.15, 0.2) is 146 Å². The van der Waals surface area contributed by atoms with Gasteiger partial charge in [-0.2, -0.15) is 0 Å². The molecule has 0 unspecified atom stereocenters. The molecular formula is C80H98. The second-order valence-electron chi connectivity index (χ2n) is 24.4. The highest BCUT2D eigenvalue weighted by molar-refractivity contribution is 6.09. The maximum absolute atomic E-state index is 2.71. The van der Waals surface area contributed by atoms with E-state index in [9.17, 15) is 0 Å². The molecule has 0 N–H and O–H groups in total. The van der Waals surface area contributed by atoms with Crippen molar-refractivity contribution in [1.29, 1.82) is 0 Å². The summed E-state index contributed by atoms with van der Waals surface area (Å²) in [7, 11) is 0. The Hall–Kier alpha value is -5.98. The summed E-state index contributed by atoms with van der Waals surface area (Å²) in [4.78, 5) is 0. The number of rotatable bonds is 32. The molecule has 0 aliphatic rings. The van der Waals surface area contributed by atoms with Gasteiger partial charge < -0.3 is 0 Å².